The highest BCUT2D eigenvalue weighted by Crippen LogP contribution is 2.43. The first-order chi connectivity index (χ1) is 28.2. The van der Waals surface area contributed by atoms with E-state index in [1.165, 1.54) is 68.9 Å². The Morgan fingerprint density at radius 2 is 1.58 bits per heavy atom. The van der Waals surface area contributed by atoms with Gasteiger partial charge in [0.2, 0.25) is 33.7 Å². The number of rotatable bonds is 19. The van der Waals surface area contributed by atoms with Crippen molar-refractivity contribution in [3.8, 4) is 0 Å². The third kappa shape index (κ3) is 13.2. The van der Waals surface area contributed by atoms with Gasteiger partial charge in [0.1, 0.15) is 12.1 Å². The Hall–Kier alpha value is -5.56. The minimum absolute atomic E-state index is 0.00183. The number of benzene rings is 2. The van der Waals surface area contributed by atoms with E-state index in [1.54, 1.807) is 18.2 Å². The maximum Gasteiger partial charge on any atom is 0.328 e. The van der Waals surface area contributed by atoms with Crippen LogP contribution >= 0.6 is 0 Å². The van der Waals surface area contributed by atoms with Crippen molar-refractivity contribution in [2.24, 2.45) is 34.2 Å². The average molecular weight is 838 g/mol. The second kappa shape index (κ2) is 20.9. The normalized spacial score (nSPS) is 20.7. The first-order valence-corrected chi connectivity index (χ1v) is 21.6. The van der Waals surface area contributed by atoms with Gasteiger partial charge >= 0.3 is 5.97 Å². The number of aliphatic imine (C=N–C) groups is 1. The molecule has 1 saturated heterocycles. The molecule has 2 unspecified atom stereocenters. The molecule has 18 nitrogen and oxygen atoms in total. The standard InChI is InChI=1S/C40H55N9O9S/c41-40(42)47-30-21-28(20-29(22-30)46-35(51)12-5-15-43-34(50)14-13-27-18-25-7-4-8-26(17-25)19-27)37(53)45-24-36(52)44-23-32(39(55)56)48-38(54)33-11-6-16-49(33)59(57,58)31-9-2-1-3-10-31/h1-3,9-10,20-22,25-27,32-33H,4-8,11-19,23-24H2,(H,43,50)(H,44,52)(H,45,53)(H,46,51)(H,48,54)(H,55,56)(H4,41,42,47)/t25?,26?,27?,32-,33-/m0/s1. The smallest absolute Gasteiger partial charge is 0.328 e. The Bertz CT molecular complexity index is 1980. The van der Waals surface area contributed by atoms with E-state index in [2.05, 4.69) is 31.6 Å². The van der Waals surface area contributed by atoms with E-state index in [4.69, 9.17) is 11.5 Å². The van der Waals surface area contributed by atoms with Crippen molar-refractivity contribution in [1.29, 1.82) is 0 Å². The fraction of sp³-hybridized carbons (Fsp3) is 0.525. The monoisotopic (exact) mass is 837 g/mol. The highest BCUT2D eigenvalue weighted by atomic mass is 32.2. The average Bonchev–Trinajstić information content (AvgIpc) is 3.71. The van der Waals surface area contributed by atoms with Crippen molar-refractivity contribution in [2.75, 3.05) is 31.5 Å². The van der Waals surface area contributed by atoms with E-state index < -0.39 is 58.9 Å². The number of carbonyl (C=O) groups excluding carboxylic acids is 5. The van der Waals surface area contributed by atoms with Crippen LogP contribution in [0.3, 0.4) is 0 Å². The summed E-state index contributed by atoms with van der Waals surface area (Å²) in [6, 6.07) is 8.97. The zero-order chi connectivity index (χ0) is 42.5. The molecule has 10 N–H and O–H groups in total. The van der Waals surface area contributed by atoms with Gasteiger partial charge in [-0.3, -0.25) is 24.0 Å². The predicted molar refractivity (Wildman–Crippen MR) is 218 cm³/mol. The zero-order valence-electron chi connectivity index (χ0n) is 33.0. The van der Waals surface area contributed by atoms with E-state index in [0.717, 1.165) is 22.6 Å². The Labute approximate surface area is 343 Å². The quantitative estimate of drug-likeness (QED) is 0.0573. The number of hydrogen-bond acceptors (Lipinski definition) is 9. The van der Waals surface area contributed by atoms with Gasteiger partial charge in [-0.05, 0) is 93.0 Å². The highest BCUT2D eigenvalue weighted by molar-refractivity contribution is 7.89. The molecule has 3 fully saturated rings. The molecule has 0 spiro atoms. The Morgan fingerprint density at radius 1 is 0.847 bits per heavy atom. The third-order valence-electron chi connectivity index (χ3n) is 11.0. The number of amides is 5. The number of guanidine groups is 1. The summed E-state index contributed by atoms with van der Waals surface area (Å²) in [5.74, 6) is -2.29. The first kappa shape index (κ1) is 44.5. The van der Waals surface area contributed by atoms with Crippen LogP contribution in [0.1, 0.15) is 87.4 Å². The van der Waals surface area contributed by atoms with Crippen molar-refractivity contribution in [3.05, 3.63) is 54.1 Å². The molecular weight excluding hydrogens is 783 g/mol. The van der Waals surface area contributed by atoms with Crippen LogP contribution in [0.15, 0.2) is 58.4 Å². The molecule has 320 valence electrons. The number of nitrogens with zero attached hydrogens (tertiary/aromatic N) is 2. The molecule has 3 aliphatic rings. The van der Waals surface area contributed by atoms with E-state index in [9.17, 15) is 42.3 Å². The Balaban J connectivity index is 1.06. The summed E-state index contributed by atoms with van der Waals surface area (Å²) in [5.41, 5.74) is 11.4. The minimum atomic E-state index is -4.02. The summed E-state index contributed by atoms with van der Waals surface area (Å²) >= 11 is 0. The summed E-state index contributed by atoms with van der Waals surface area (Å²) in [5, 5.41) is 22.4. The molecule has 0 radical (unpaired) electrons. The number of fused-ring (bicyclic) bond motifs is 2. The van der Waals surface area contributed by atoms with Crippen LogP contribution in [0.2, 0.25) is 0 Å². The van der Waals surface area contributed by atoms with Crippen molar-refractivity contribution in [1.82, 2.24) is 25.6 Å². The summed E-state index contributed by atoms with van der Waals surface area (Å²) < 4.78 is 27.4. The molecule has 1 aliphatic heterocycles. The zero-order valence-corrected chi connectivity index (χ0v) is 33.8. The summed E-state index contributed by atoms with van der Waals surface area (Å²) in [4.78, 5) is 80.1. The predicted octanol–water partition coefficient (Wildman–Crippen LogP) is 1.69. The maximum atomic E-state index is 13.2. The lowest BCUT2D eigenvalue weighted by molar-refractivity contribution is -0.142. The van der Waals surface area contributed by atoms with Crippen molar-refractivity contribution < 1.29 is 42.3 Å². The van der Waals surface area contributed by atoms with E-state index in [-0.39, 0.29) is 59.0 Å². The van der Waals surface area contributed by atoms with E-state index >= 15 is 0 Å². The van der Waals surface area contributed by atoms with Crippen LogP contribution in [-0.4, -0.2) is 97.6 Å². The van der Waals surface area contributed by atoms with Gasteiger partial charge in [-0.1, -0.05) is 37.5 Å². The fourth-order valence-corrected chi connectivity index (χ4v) is 9.96. The molecule has 2 bridgehead atoms. The number of hydrogen-bond donors (Lipinski definition) is 8. The molecule has 19 heteroatoms. The molecule has 4 atom stereocenters. The Morgan fingerprint density at radius 3 is 2.27 bits per heavy atom. The number of carboxylic acid groups (broad SMARTS) is 1. The van der Waals surface area contributed by atoms with E-state index in [1.807, 2.05) is 0 Å². The lowest BCUT2D eigenvalue weighted by Gasteiger charge is -2.39. The highest BCUT2D eigenvalue weighted by Gasteiger charge is 2.40. The van der Waals surface area contributed by atoms with Crippen LogP contribution < -0.4 is 38.1 Å². The second-order valence-corrected chi connectivity index (χ2v) is 17.4. The van der Waals surface area contributed by atoms with Crippen LogP contribution in [0.5, 0.6) is 0 Å². The van der Waals surface area contributed by atoms with Crippen LogP contribution in [0.25, 0.3) is 0 Å². The molecule has 1 heterocycles. The lowest BCUT2D eigenvalue weighted by Crippen LogP contribution is -2.54. The summed E-state index contributed by atoms with van der Waals surface area (Å²) in [6.45, 7) is -0.737. The number of anilines is 1. The summed E-state index contributed by atoms with van der Waals surface area (Å²) in [7, 11) is -4.02. The number of aliphatic carboxylic acids is 1. The van der Waals surface area contributed by atoms with Gasteiger partial charge in [-0.15, -0.1) is 0 Å². The van der Waals surface area contributed by atoms with Crippen molar-refractivity contribution in [3.63, 3.8) is 0 Å². The van der Waals surface area contributed by atoms with Gasteiger partial charge in [0, 0.05) is 43.7 Å². The molecule has 0 aromatic heterocycles. The molecular formula is C40H55N9O9S. The molecule has 2 aromatic rings. The van der Waals surface area contributed by atoms with Gasteiger partial charge < -0.3 is 43.2 Å². The molecule has 5 rings (SSSR count). The number of nitrogens with one attached hydrogen (secondary N) is 5. The Kier molecular flexibility index (Phi) is 15.8. The van der Waals surface area contributed by atoms with Gasteiger partial charge in [0.05, 0.1) is 17.1 Å². The third-order valence-corrected chi connectivity index (χ3v) is 12.9. The van der Waals surface area contributed by atoms with Crippen molar-refractivity contribution in [2.45, 2.75) is 94.0 Å². The molecule has 2 aliphatic carbocycles. The molecule has 2 aromatic carbocycles. The topological polar surface area (TPSA) is 285 Å². The minimum Gasteiger partial charge on any atom is -0.480 e. The molecule has 59 heavy (non-hydrogen) atoms. The largest absolute Gasteiger partial charge is 0.480 e. The lowest BCUT2D eigenvalue weighted by atomic mass is 9.67. The van der Waals surface area contributed by atoms with Gasteiger partial charge in [-0.25, -0.2) is 18.2 Å². The number of sulfonamides is 1. The number of nitrogens with two attached hydrogens (primary N) is 2. The fourth-order valence-electron chi connectivity index (χ4n) is 8.28. The van der Waals surface area contributed by atoms with Gasteiger partial charge in [-0.2, -0.15) is 4.31 Å². The first-order valence-electron chi connectivity index (χ1n) is 20.1. The van der Waals surface area contributed by atoms with Gasteiger partial charge in [0.15, 0.2) is 5.96 Å². The second-order valence-electron chi connectivity index (χ2n) is 15.6. The van der Waals surface area contributed by atoms with Crippen LogP contribution in [0.4, 0.5) is 11.4 Å². The van der Waals surface area contributed by atoms with Crippen molar-refractivity contribution >= 4 is 62.9 Å². The number of carboxylic acids is 1. The molecule has 5 amide bonds. The summed E-state index contributed by atoms with van der Waals surface area (Å²) in [6.07, 6.45) is 10.2. The maximum absolute atomic E-state index is 13.2. The molecule has 2 saturated carbocycles. The van der Waals surface area contributed by atoms with Crippen LogP contribution in [-0.2, 0) is 34.0 Å². The SMILES string of the molecule is NC(N)=Nc1cc(NC(=O)CCCNC(=O)CCC2CC3CCCC(C3)C2)cc(C(=O)NCC(=O)NC[C@H](NC(=O)[C@@H]2CCCN2S(=O)(=O)c2ccccc2)C(=O)O)c1. The van der Waals surface area contributed by atoms with Crippen LogP contribution in [0, 0.1) is 17.8 Å². The van der Waals surface area contributed by atoms with E-state index in [0.29, 0.717) is 31.7 Å². The van der Waals surface area contributed by atoms with Gasteiger partial charge in [0.25, 0.3) is 5.91 Å². The number of carbonyl (C=O) groups is 6.